The number of ether oxygens (including phenoxy) is 1. The fraction of sp³-hybridized carbons (Fsp3) is 0.333. The average Bonchev–Trinajstić information content (AvgIpc) is 2.44. The Morgan fingerprint density at radius 3 is 2.40 bits per heavy atom. The predicted octanol–water partition coefficient (Wildman–Crippen LogP) is 3.93. The monoisotopic (exact) mass is 269 g/mol. The summed E-state index contributed by atoms with van der Waals surface area (Å²) in [6.45, 7) is 6.34. The van der Waals surface area contributed by atoms with Crippen LogP contribution in [0.4, 0.5) is 0 Å². The first-order valence-electron chi connectivity index (χ1n) is 6.96. The van der Waals surface area contributed by atoms with Crippen molar-refractivity contribution in [3.05, 3.63) is 64.2 Å². The van der Waals surface area contributed by atoms with E-state index in [9.17, 15) is 0 Å². The van der Waals surface area contributed by atoms with E-state index in [1.54, 1.807) is 7.11 Å². The number of hydrogen-bond donors (Lipinski definition) is 1. The fourth-order valence-electron chi connectivity index (χ4n) is 2.66. The second-order valence-corrected chi connectivity index (χ2v) is 5.27. The van der Waals surface area contributed by atoms with Crippen molar-refractivity contribution in [2.24, 2.45) is 0 Å². The van der Waals surface area contributed by atoms with Crippen molar-refractivity contribution >= 4 is 0 Å². The van der Waals surface area contributed by atoms with Crippen LogP contribution in [0.5, 0.6) is 5.75 Å². The largest absolute Gasteiger partial charge is 0.496 e. The van der Waals surface area contributed by atoms with E-state index in [1.807, 2.05) is 7.05 Å². The molecule has 0 saturated carbocycles. The van der Waals surface area contributed by atoms with Crippen LogP contribution in [0, 0.1) is 20.8 Å². The zero-order chi connectivity index (χ0) is 14.7. The summed E-state index contributed by atoms with van der Waals surface area (Å²) in [5, 5.41) is 3.40. The molecule has 1 atom stereocenters. The molecule has 0 heterocycles. The normalized spacial score (nSPS) is 12.2. The number of rotatable bonds is 4. The third kappa shape index (κ3) is 2.70. The Bertz CT molecular complexity index is 604. The molecule has 2 rings (SSSR count). The number of aryl methyl sites for hydroxylation is 2. The summed E-state index contributed by atoms with van der Waals surface area (Å²) < 4.78 is 5.65. The minimum Gasteiger partial charge on any atom is -0.496 e. The van der Waals surface area contributed by atoms with Crippen LogP contribution in [0.1, 0.15) is 33.9 Å². The first-order chi connectivity index (χ1) is 9.58. The first kappa shape index (κ1) is 14.6. The average molecular weight is 269 g/mol. The van der Waals surface area contributed by atoms with Crippen LogP contribution in [0.25, 0.3) is 0 Å². The second kappa shape index (κ2) is 6.10. The zero-order valence-corrected chi connectivity index (χ0v) is 12.9. The number of methoxy groups -OCH3 is 1. The summed E-state index contributed by atoms with van der Waals surface area (Å²) in [5.41, 5.74) is 6.17. The molecule has 0 spiro atoms. The molecule has 2 nitrogen and oxygen atoms in total. The van der Waals surface area contributed by atoms with E-state index in [4.69, 9.17) is 4.74 Å². The molecule has 1 N–H and O–H groups in total. The van der Waals surface area contributed by atoms with Crippen LogP contribution in [0.2, 0.25) is 0 Å². The Morgan fingerprint density at radius 1 is 1.05 bits per heavy atom. The van der Waals surface area contributed by atoms with Gasteiger partial charge in [0.1, 0.15) is 5.75 Å². The van der Waals surface area contributed by atoms with Crippen LogP contribution in [0.15, 0.2) is 36.4 Å². The van der Waals surface area contributed by atoms with E-state index in [1.165, 1.54) is 27.8 Å². The number of hydrogen-bond acceptors (Lipinski definition) is 2. The highest BCUT2D eigenvalue weighted by Gasteiger charge is 2.18. The van der Waals surface area contributed by atoms with E-state index in [0.29, 0.717) is 0 Å². The van der Waals surface area contributed by atoms with Gasteiger partial charge in [0.2, 0.25) is 0 Å². The molecule has 0 saturated heterocycles. The SMILES string of the molecule is CNC(c1cccc(C)c1)c1ccc(C)c(C)c1OC. The maximum atomic E-state index is 5.65. The lowest BCUT2D eigenvalue weighted by atomic mass is 9.93. The van der Waals surface area contributed by atoms with Crippen molar-refractivity contribution < 1.29 is 4.74 Å². The van der Waals surface area contributed by atoms with Crippen molar-refractivity contribution in [3.63, 3.8) is 0 Å². The van der Waals surface area contributed by atoms with E-state index >= 15 is 0 Å². The van der Waals surface area contributed by atoms with E-state index in [-0.39, 0.29) is 6.04 Å². The second-order valence-electron chi connectivity index (χ2n) is 5.27. The molecule has 0 aromatic heterocycles. The molecule has 2 aromatic carbocycles. The van der Waals surface area contributed by atoms with Crippen LogP contribution in [0.3, 0.4) is 0 Å². The topological polar surface area (TPSA) is 21.3 Å². The molecule has 2 aromatic rings. The van der Waals surface area contributed by atoms with Crippen molar-refractivity contribution in [3.8, 4) is 5.75 Å². The molecular formula is C18H23NO. The van der Waals surface area contributed by atoms with Gasteiger partial charge in [-0.2, -0.15) is 0 Å². The Morgan fingerprint density at radius 2 is 1.80 bits per heavy atom. The van der Waals surface area contributed by atoms with E-state index < -0.39 is 0 Å². The summed E-state index contributed by atoms with van der Waals surface area (Å²) in [4.78, 5) is 0. The molecule has 0 bridgehead atoms. The van der Waals surface area contributed by atoms with Gasteiger partial charge in [0.25, 0.3) is 0 Å². The first-order valence-corrected chi connectivity index (χ1v) is 6.96. The van der Waals surface area contributed by atoms with Crippen molar-refractivity contribution in [2.45, 2.75) is 26.8 Å². The van der Waals surface area contributed by atoms with E-state index in [2.05, 4.69) is 62.5 Å². The summed E-state index contributed by atoms with van der Waals surface area (Å²) in [5.74, 6) is 0.978. The third-order valence-corrected chi connectivity index (χ3v) is 3.89. The lowest BCUT2D eigenvalue weighted by molar-refractivity contribution is 0.402. The molecule has 0 fully saturated rings. The van der Waals surface area contributed by atoms with Crippen molar-refractivity contribution in [2.75, 3.05) is 14.2 Å². The summed E-state index contributed by atoms with van der Waals surface area (Å²) in [7, 11) is 3.73. The molecule has 20 heavy (non-hydrogen) atoms. The van der Waals surface area contributed by atoms with Crippen LogP contribution < -0.4 is 10.1 Å². The quantitative estimate of drug-likeness (QED) is 0.908. The van der Waals surface area contributed by atoms with Crippen LogP contribution in [-0.4, -0.2) is 14.2 Å². The third-order valence-electron chi connectivity index (χ3n) is 3.89. The van der Waals surface area contributed by atoms with Gasteiger partial charge in [0.15, 0.2) is 0 Å². The summed E-state index contributed by atoms with van der Waals surface area (Å²) in [6, 6.07) is 13.1. The molecule has 0 aliphatic rings. The van der Waals surface area contributed by atoms with Gasteiger partial charge in [0, 0.05) is 5.56 Å². The van der Waals surface area contributed by atoms with Gasteiger partial charge >= 0.3 is 0 Å². The highest BCUT2D eigenvalue weighted by Crippen LogP contribution is 2.34. The van der Waals surface area contributed by atoms with Gasteiger partial charge in [0.05, 0.1) is 13.2 Å². The Kier molecular flexibility index (Phi) is 4.46. The van der Waals surface area contributed by atoms with Gasteiger partial charge in [-0.25, -0.2) is 0 Å². The van der Waals surface area contributed by atoms with Crippen molar-refractivity contribution in [1.82, 2.24) is 5.32 Å². The molecule has 1 unspecified atom stereocenters. The zero-order valence-electron chi connectivity index (χ0n) is 12.9. The molecule has 2 heteroatoms. The van der Waals surface area contributed by atoms with Crippen molar-refractivity contribution in [1.29, 1.82) is 0 Å². The highest BCUT2D eigenvalue weighted by molar-refractivity contribution is 5.49. The molecule has 106 valence electrons. The van der Waals surface area contributed by atoms with Gasteiger partial charge in [-0.15, -0.1) is 0 Å². The summed E-state index contributed by atoms with van der Waals surface area (Å²) in [6.07, 6.45) is 0. The fourth-order valence-corrected chi connectivity index (χ4v) is 2.66. The minimum atomic E-state index is 0.143. The maximum Gasteiger partial charge on any atom is 0.127 e. The minimum absolute atomic E-state index is 0.143. The Labute approximate surface area is 121 Å². The smallest absolute Gasteiger partial charge is 0.127 e. The van der Waals surface area contributed by atoms with Crippen LogP contribution >= 0.6 is 0 Å². The molecule has 0 aliphatic heterocycles. The van der Waals surface area contributed by atoms with Gasteiger partial charge in [-0.05, 0) is 44.5 Å². The molecular weight excluding hydrogens is 246 g/mol. The maximum absolute atomic E-state index is 5.65. The molecule has 0 radical (unpaired) electrons. The summed E-state index contributed by atoms with van der Waals surface area (Å²) >= 11 is 0. The Hall–Kier alpha value is -1.80. The molecule has 0 amide bonds. The standard InChI is InChI=1S/C18H23NO/c1-12-7-6-8-15(11-12)17(19-4)16-10-9-13(2)14(3)18(16)20-5/h6-11,17,19H,1-5H3. The van der Waals surface area contributed by atoms with Gasteiger partial charge < -0.3 is 10.1 Å². The highest BCUT2D eigenvalue weighted by atomic mass is 16.5. The number of benzene rings is 2. The Balaban J connectivity index is 2.55. The molecule has 0 aliphatic carbocycles. The van der Waals surface area contributed by atoms with Crippen LogP contribution in [-0.2, 0) is 0 Å². The van der Waals surface area contributed by atoms with Gasteiger partial charge in [-0.1, -0.05) is 42.0 Å². The predicted molar refractivity (Wildman–Crippen MR) is 84.5 cm³/mol. The lowest BCUT2D eigenvalue weighted by Crippen LogP contribution is -2.19. The van der Waals surface area contributed by atoms with Gasteiger partial charge in [-0.3, -0.25) is 0 Å². The van der Waals surface area contributed by atoms with E-state index in [0.717, 1.165) is 5.75 Å². The number of nitrogens with one attached hydrogen (secondary N) is 1. The lowest BCUT2D eigenvalue weighted by Gasteiger charge is -2.22.